The lowest BCUT2D eigenvalue weighted by Gasteiger charge is -2.47. The molecule has 0 amide bonds. The molecule has 2 rings (SSSR count). The van der Waals surface area contributed by atoms with Gasteiger partial charge in [0, 0.05) is 22.3 Å². The van der Waals surface area contributed by atoms with Crippen molar-refractivity contribution in [3.05, 3.63) is 35.9 Å². The van der Waals surface area contributed by atoms with Crippen LogP contribution in [-0.2, 0) is 10.2 Å². The van der Waals surface area contributed by atoms with E-state index in [4.69, 9.17) is 4.74 Å². The molecule has 88 valence electrons. The van der Waals surface area contributed by atoms with Crippen molar-refractivity contribution >= 4 is 10.2 Å². The molecule has 0 saturated carbocycles. The zero-order valence-corrected chi connectivity index (χ0v) is 12.6. The molecule has 2 heteroatoms. The van der Waals surface area contributed by atoms with Crippen LogP contribution in [0.4, 0.5) is 0 Å². The predicted molar refractivity (Wildman–Crippen MR) is 71.9 cm³/mol. The Morgan fingerprint density at radius 2 is 1.88 bits per heavy atom. The van der Waals surface area contributed by atoms with Gasteiger partial charge in [0.2, 0.25) is 0 Å². The monoisotopic (exact) mass is 234 g/mol. The third-order valence-corrected chi connectivity index (χ3v) is 6.33. The van der Waals surface area contributed by atoms with Crippen molar-refractivity contribution in [2.45, 2.75) is 43.7 Å². The van der Waals surface area contributed by atoms with E-state index in [2.05, 4.69) is 44.2 Å². The van der Waals surface area contributed by atoms with Crippen LogP contribution < -0.4 is 0 Å². The molecule has 1 aliphatic rings. The smallest absolute Gasteiger partial charge is 0.0574 e. The second-order valence-corrected chi connectivity index (χ2v) is 7.14. The molecule has 0 aromatic heterocycles. The van der Waals surface area contributed by atoms with Gasteiger partial charge in [-0.25, -0.2) is 0 Å². The molecule has 1 aromatic carbocycles. The lowest BCUT2D eigenvalue weighted by Crippen LogP contribution is -2.52. The molecule has 1 atom stereocenters. The Balaban J connectivity index is 2.30. The molecular formula is C14H22OSi. The van der Waals surface area contributed by atoms with Gasteiger partial charge in [-0.2, -0.15) is 0 Å². The van der Waals surface area contributed by atoms with E-state index in [1.807, 2.05) is 0 Å². The number of rotatable bonds is 2. The van der Waals surface area contributed by atoms with Gasteiger partial charge in [-0.1, -0.05) is 44.2 Å². The topological polar surface area (TPSA) is 9.23 Å². The molecule has 0 spiro atoms. The fraction of sp³-hybridized carbons (Fsp3) is 0.571. The van der Waals surface area contributed by atoms with E-state index in [0.717, 1.165) is 16.8 Å². The fourth-order valence-electron chi connectivity index (χ4n) is 2.59. The molecule has 1 fully saturated rings. The summed E-state index contributed by atoms with van der Waals surface area (Å²) in [6.45, 7) is 5.61. The van der Waals surface area contributed by atoms with Gasteiger partial charge in [-0.05, 0) is 24.8 Å². The average molecular weight is 234 g/mol. The summed E-state index contributed by atoms with van der Waals surface area (Å²) in [5.41, 5.74) is 1.55. The van der Waals surface area contributed by atoms with Crippen molar-refractivity contribution < 1.29 is 4.74 Å². The molecule has 0 radical (unpaired) electrons. The number of ether oxygens (including phenoxy) is 1. The van der Waals surface area contributed by atoms with Crippen molar-refractivity contribution in [3.63, 3.8) is 0 Å². The zero-order chi connectivity index (χ0) is 11.6. The Bertz CT molecular complexity index is 339. The molecule has 1 unspecified atom stereocenters. The first-order valence-electron chi connectivity index (χ1n) is 6.26. The minimum absolute atomic E-state index is 0.118. The van der Waals surface area contributed by atoms with Crippen LogP contribution in [0.25, 0.3) is 0 Å². The lowest BCUT2D eigenvalue weighted by atomic mass is 9.76. The maximum Gasteiger partial charge on any atom is 0.0574 e. The number of benzene rings is 1. The average Bonchev–Trinajstić information content (AvgIpc) is 2.31. The molecule has 1 nitrogen and oxygen atoms in total. The maximum atomic E-state index is 6.15. The first-order valence-corrected chi connectivity index (χ1v) is 7.26. The highest BCUT2D eigenvalue weighted by molar-refractivity contribution is 6.15. The van der Waals surface area contributed by atoms with Crippen LogP contribution in [0, 0.1) is 0 Å². The van der Waals surface area contributed by atoms with Crippen molar-refractivity contribution in [2.75, 3.05) is 6.61 Å². The van der Waals surface area contributed by atoms with Gasteiger partial charge in [-0.15, -0.1) is 0 Å². The third-order valence-electron chi connectivity index (χ3n) is 4.29. The number of hydrogen-bond donors (Lipinski definition) is 0. The highest BCUT2D eigenvalue weighted by Crippen LogP contribution is 2.40. The molecule has 1 saturated heterocycles. The van der Waals surface area contributed by atoms with Gasteiger partial charge in [0.1, 0.15) is 0 Å². The molecule has 1 heterocycles. The van der Waals surface area contributed by atoms with E-state index in [0.29, 0.717) is 0 Å². The fourth-order valence-corrected chi connectivity index (χ4v) is 3.43. The van der Waals surface area contributed by atoms with Gasteiger partial charge in [0.15, 0.2) is 0 Å². The van der Waals surface area contributed by atoms with E-state index in [9.17, 15) is 0 Å². The zero-order valence-electron chi connectivity index (χ0n) is 10.6. The highest BCUT2D eigenvalue weighted by Gasteiger charge is 2.43. The van der Waals surface area contributed by atoms with E-state index in [1.54, 1.807) is 0 Å². The number of hydrogen-bond acceptors (Lipinski definition) is 1. The Kier molecular flexibility index (Phi) is 3.22. The van der Waals surface area contributed by atoms with Gasteiger partial charge in [0.25, 0.3) is 0 Å². The van der Waals surface area contributed by atoms with Crippen molar-refractivity contribution in [1.29, 1.82) is 0 Å². The predicted octanol–water partition coefficient (Wildman–Crippen LogP) is 2.23. The standard InChI is InChI=1S/C14H22OSi/c1-13(2,12-8-4-3-5-9-12)14(16)10-6-7-11-15-14/h3-5,8-9H,6-7,10-11H2,1-2,16H3. The summed E-state index contributed by atoms with van der Waals surface area (Å²) in [4.78, 5) is 0. The third kappa shape index (κ3) is 1.96. The summed E-state index contributed by atoms with van der Waals surface area (Å²) >= 11 is 0. The van der Waals surface area contributed by atoms with Crippen molar-refractivity contribution in [3.8, 4) is 0 Å². The van der Waals surface area contributed by atoms with Crippen LogP contribution in [0.2, 0.25) is 0 Å². The van der Waals surface area contributed by atoms with Crippen LogP contribution in [0.15, 0.2) is 30.3 Å². The van der Waals surface area contributed by atoms with Gasteiger partial charge >= 0.3 is 0 Å². The van der Waals surface area contributed by atoms with Crippen LogP contribution in [0.3, 0.4) is 0 Å². The largest absolute Gasteiger partial charge is 0.379 e. The van der Waals surface area contributed by atoms with Crippen molar-refractivity contribution in [2.24, 2.45) is 0 Å². The lowest BCUT2D eigenvalue weighted by molar-refractivity contribution is -0.0606. The van der Waals surface area contributed by atoms with E-state index in [1.165, 1.54) is 24.8 Å². The summed E-state index contributed by atoms with van der Waals surface area (Å²) in [7, 11) is 1.10. The SMILES string of the molecule is CC(C)(c1ccccc1)C1([SiH3])CCCCO1. The normalized spacial score (nSPS) is 26.9. The van der Waals surface area contributed by atoms with Crippen LogP contribution >= 0.6 is 0 Å². The molecule has 0 N–H and O–H groups in total. The van der Waals surface area contributed by atoms with Crippen LogP contribution in [-0.4, -0.2) is 22.1 Å². The minimum Gasteiger partial charge on any atom is -0.379 e. The van der Waals surface area contributed by atoms with E-state index >= 15 is 0 Å². The second-order valence-electron chi connectivity index (χ2n) is 5.53. The van der Waals surface area contributed by atoms with Gasteiger partial charge in [0.05, 0.1) is 5.22 Å². The first-order chi connectivity index (χ1) is 7.56. The molecule has 0 bridgehead atoms. The maximum absolute atomic E-state index is 6.15. The van der Waals surface area contributed by atoms with Gasteiger partial charge < -0.3 is 4.74 Å². The molecule has 0 aliphatic carbocycles. The quantitative estimate of drug-likeness (QED) is 0.713. The molecule has 1 aliphatic heterocycles. The Morgan fingerprint density at radius 3 is 2.44 bits per heavy atom. The first kappa shape index (κ1) is 11.9. The summed E-state index contributed by atoms with van der Waals surface area (Å²) in [5, 5.41) is 0.118. The second kappa shape index (κ2) is 4.34. The van der Waals surface area contributed by atoms with E-state index in [-0.39, 0.29) is 10.6 Å². The Morgan fingerprint density at radius 1 is 1.19 bits per heavy atom. The summed E-state index contributed by atoms with van der Waals surface area (Å²) < 4.78 is 6.15. The molecule has 1 aromatic rings. The minimum atomic E-state index is 0.118. The molecular weight excluding hydrogens is 212 g/mol. The molecule has 16 heavy (non-hydrogen) atoms. The van der Waals surface area contributed by atoms with Gasteiger partial charge in [-0.3, -0.25) is 0 Å². The summed E-state index contributed by atoms with van der Waals surface area (Å²) in [6, 6.07) is 10.8. The van der Waals surface area contributed by atoms with E-state index < -0.39 is 0 Å². The summed E-state index contributed by atoms with van der Waals surface area (Å²) in [6.07, 6.45) is 3.77. The highest BCUT2D eigenvalue weighted by atomic mass is 28.1. The van der Waals surface area contributed by atoms with Crippen LogP contribution in [0.5, 0.6) is 0 Å². The Hall–Kier alpha value is -0.603. The Labute approximate surface area is 102 Å². The van der Waals surface area contributed by atoms with Crippen LogP contribution in [0.1, 0.15) is 38.7 Å². The summed E-state index contributed by atoms with van der Waals surface area (Å²) in [5.74, 6) is 0. The van der Waals surface area contributed by atoms with Crippen molar-refractivity contribution in [1.82, 2.24) is 0 Å².